The van der Waals surface area contributed by atoms with Crippen molar-refractivity contribution in [3.05, 3.63) is 57.5 Å². The van der Waals surface area contributed by atoms with Crippen LogP contribution < -0.4 is 5.69 Å². The first-order valence-corrected chi connectivity index (χ1v) is 5.24. The molecule has 2 N–H and O–H groups in total. The molecule has 0 saturated carbocycles. The molecule has 5 nitrogen and oxygen atoms in total. The molecule has 0 atom stereocenters. The summed E-state index contributed by atoms with van der Waals surface area (Å²) in [5.41, 5.74) is 0.476. The second-order valence-corrected chi connectivity index (χ2v) is 3.92. The summed E-state index contributed by atoms with van der Waals surface area (Å²) in [5, 5.41) is 8.98. The van der Waals surface area contributed by atoms with Gasteiger partial charge >= 0.3 is 11.7 Å². The van der Waals surface area contributed by atoms with Gasteiger partial charge in [-0.2, -0.15) is 0 Å². The van der Waals surface area contributed by atoms with Crippen molar-refractivity contribution in [1.82, 2.24) is 9.55 Å². The number of aromatic carboxylic acids is 1. The fourth-order valence-corrected chi connectivity index (χ4v) is 1.73. The number of imidazole rings is 1. The van der Waals surface area contributed by atoms with Crippen molar-refractivity contribution in [2.75, 3.05) is 0 Å². The number of nitrogens with one attached hydrogen (secondary N) is 1. The summed E-state index contributed by atoms with van der Waals surface area (Å²) in [6.45, 7) is 0. The summed E-state index contributed by atoms with van der Waals surface area (Å²) >= 11 is 0. The number of halogens is 1. The lowest BCUT2D eigenvalue weighted by Crippen LogP contribution is -2.14. The molecule has 1 aromatic heterocycles. The first-order valence-electron chi connectivity index (χ1n) is 5.24. The maximum atomic E-state index is 12.8. The van der Waals surface area contributed by atoms with Gasteiger partial charge in [0.25, 0.3) is 0 Å². The number of carbonyl (C=O) groups is 1. The smallest absolute Gasteiger partial charge is 0.354 e. The average molecular weight is 250 g/mol. The highest BCUT2D eigenvalue weighted by atomic mass is 19.1. The predicted octanol–water partition coefficient (Wildman–Crippen LogP) is 1.14. The van der Waals surface area contributed by atoms with Gasteiger partial charge in [-0.15, -0.1) is 0 Å². The van der Waals surface area contributed by atoms with E-state index in [9.17, 15) is 14.0 Å². The zero-order valence-corrected chi connectivity index (χ0v) is 9.61. The van der Waals surface area contributed by atoms with E-state index in [1.165, 1.54) is 23.7 Å². The van der Waals surface area contributed by atoms with Gasteiger partial charge in [0, 0.05) is 13.5 Å². The van der Waals surface area contributed by atoms with Crippen LogP contribution in [0.4, 0.5) is 4.39 Å². The molecule has 0 radical (unpaired) electrons. The van der Waals surface area contributed by atoms with Crippen LogP contribution in [0.1, 0.15) is 21.7 Å². The molecule has 0 saturated heterocycles. The lowest BCUT2D eigenvalue weighted by Gasteiger charge is -2.04. The second-order valence-electron chi connectivity index (χ2n) is 3.92. The Morgan fingerprint density at radius 1 is 1.39 bits per heavy atom. The maximum absolute atomic E-state index is 12.8. The van der Waals surface area contributed by atoms with Gasteiger partial charge < -0.3 is 5.11 Å². The monoisotopic (exact) mass is 250 g/mol. The molecule has 2 aromatic rings. The third-order valence-corrected chi connectivity index (χ3v) is 2.73. The number of rotatable bonds is 3. The van der Waals surface area contributed by atoms with E-state index < -0.39 is 11.7 Å². The molecule has 0 aliphatic carbocycles. The molecule has 18 heavy (non-hydrogen) atoms. The number of aromatic nitrogens is 2. The summed E-state index contributed by atoms with van der Waals surface area (Å²) in [7, 11) is 1.49. The zero-order chi connectivity index (χ0) is 13.3. The van der Waals surface area contributed by atoms with Crippen molar-refractivity contribution in [1.29, 1.82) is 0 Å². The number of nitrogens with zero attached hydrogens (tertiary/aromatic N) is 1. The Morgan fingerprint density at radius 3 is 2.56 bits per heavy atom. The van der Waals surface area contributed by atoms with Gasteiger partial charge in [-0.05, 0) is 17.7 Å². The molecule has 6 heteroatoms. The van der Waals surface area contributed by atoms with Gasteiger partial charge in [-0.1, -0.05) is 12.1 Å². The Morgan fingerprint density at radius 2 is 2.00 bits per heavy atom. The SMILES string of the molecule is Cn1c(Cc2ccc(F)cc2)c(C(=O)O)[nH]c1=O. The van der Waals surface area contributed by atoms with E-state index in [1.54, 1.807) is 12.1 Å². The van der Waals surface area contributed by atoms with Crippen LogP contribution in [0.2, 0.25) is 0 Å². The second kappa shape index (κ2) is 4.48. The van der Waals surface area contributed by atoms with E-state index in [0.717, 1.165) is 5.56 Å². The van der Waals surface area contributed by atoms with Crippen molar-refractivity contribution in [3.8, 4) is 0 Å². The van der Waals surface area contributed by atoms with Crippen LogP contribution in [0, 0.1) is 5.82 Å². The Labute approximate surface area is 102 Å². The Bertz CT molecular complexity index is 640. The van der Waals surface area contributed by atoms with E-state index in [-0.39, 0.29) is 17.9 Å². The van der Waals surface area contributed by atoms with Crippen molar-refractivity contribution in [2.45, 2.75) is 6.42 Å². The molecule has 0 amide bonds. The number of hydrogen-bond acceptors (Lipinski definition) is 2. The maximum Gasteiger partial charge on any atom is 0.354 e. The van der Waals surface area contributed by atoms with Crippen LogP contribution in [0.25, 0.3) is 0 Å². The van der Waals surface area contributed by atoms with Gasteiger partial charge in [0.1, 0.15) is 11.5 Å². The number of hydrogen-bond donors (Lipinski definition) is 2. The summed E-state index contributed by atoms with van der Waals surface area (Å²) in [4.78, 5) is 24.7. The average Bonchev–Trinajstić information content (AvgIpc) is 2.60. The molecule has 0 spiro atoms. The lowest BCUT2D eigenvalue weighted by molar-refractivity contribution is 0.0689. The zero-order valence-electron chi connectivity index (χ0n) is 9.61. The molecule has 0 fully saturated rings. The highest BCUT2D eigenvalue weighted by Gasteiger charge is 2.17. The van der Waals surface area contributed by atoms with E-state index in [4.69, 9.17) is 5.11 Å². The quantitative estimate of drug-likeness (QED) is 0.857. The molecule has 94 valence electrons. The standard InChI is InChI=1S/C12H11FN2O3/c1-15-9(10(11(16)17)14-12(15)18)6-7-2-4-8(13)5-3-7/h2-5H,6H2,1H3,(H,14,18)(H,16,17). The van der Waals surface area contributed by atoms with Crippen LogP contribution in [0.5, 0.6) is 0 Å². The number of carboxylic acids is 1. The van der Waals surface area contributed by atoms with Crippen LogP contribution in [-0.2, 0) is 13.5 Å². The predicted molar refractivity (Wildman–Crippen MR) is 62.2 cm³/mol. The van der Waals surface area contributed by atoms with Gasteiger partial charge in [0.05, 0.1) is 5.69 Å². The minimum absolute atomic E-state index is 0.133. The van der Waals surface area contributed by atoms with E-state index in [2.05, 4.69) is 4.98 Å². The molecule has 0 aliphatic heterocycles. The van der Waals surface area contributed by atoms with Crippen molar-refractivity contribution < 1.29 is 14.3 Å². The van der Waals surface area contributed by atoms with Gasteiger partial charge in [-0.3, -0.25) is 9.55 Å². The number of carboxylic acid groups (broad SMARTS) is 1. The Kier molecular flexibility index (Phi) is 3.01. The molecule has 1 aromatic carbocycles. The highest BCUT2D eigenvalue weighted by molar-refractivity contribution is 5.86. The first-order chi connectivity index (χ1) is 8.49. The van der Waals surface area contributed by atoms with Crippen LogP contribution in [0.3, 0.4) is 0 Å². The Balaban J connectivity index is 2.42. The minimum Gasteiger partial charge on any atom is -0.477 e. The van der Waals surface area contributed by atoms with Gasteiger partial charge in [0.15, 0.2) is 0 Å². The molecule has 2 rings (SSSR count). The fourth-order valence-electron chi connectivity index (χ4n) is 1.73. The van der Waals surface area contributed by atoms with Crippen molar-refractivity contribution in [2.24, 2.45) is 7.05 Å². The van der Waals surface area contributed by atoms with E-state index >= 15 is 0 Å². The third kappa shape index (κ3) is 2.17. The fraction of sp³-hybridized carbons (Fsp3) is 0.167. The Hall–Kier alpha value is -2.37. The van der Waals surface area contributed by atoms with E-state index in [0.29, 0.717) is 5.69 Å². The number of aromatic amines is 1. The van der Waals surface area contributed by atoms with Gasteiger partial charge in [-0.25, -0.2) is 14.0 Å². The summed E-state index contributed by atoms with van der Waals surface area (Å²) in [5.74, 6) is -1.55. The number of benzene rings is 1. The van der Waals surface area contributed by atoms with E-state index in [1.807, 2.05) is 0 Å². The molecular formula is C12H11FN2O3. The summed E-state index contributed by atoms with van der Waals surface area (Å²) in [6, 6.07) is 5.69. The van der Waals surface area contributed by atoms with Crippen LogP contribution >= 0.6 is 0 Å². The van der Waals surface area contributed by atoms with Crippen LogP contribution in [0.15, 0.2) is 29.1 Å². The largest absolute Gasteiger partial charge is 0.477 e. The highest BCUT2D eigenvalue weighted by Crippen LogP contribution is 2.12. The number of H-pyrrole nitrogens is 1. The molecule has 0 unspecified atom stereocenters. The molecule has 0 bridgehead atoms. The lowest BCUT2D eigenvalue weighted by atomic mass is 10.1. The summed E-state index contributed by atoms with van der Waals surface area (Å²) < 4.78 is 14.0. The van der Waals surface area contributed by atoms with Gasteiger partial charge in [0.2, 0.25) is 0 Å². The molecule has 1 heterocycles. The normalized spacial score (nSPS) is 10.6. The minimum atomic E-state index is -1.19. The molecule has 0 aliphatic rings. The first kappa shape index (κ1) is 12.1. The van der Waals surface area contributed by atoms with Crippen molar-refractivity contribution >= 4 is 5.97 Å². The topological polar surface area (TPSA) is 75.1 Å². The third-order valence-electron chi connectivity index (χ3n) is 2.73. The van der Waals surface area contributed by atoms with Crippen molar-refractivity contribution in [3.63, 3.8) is 0 Å². The molecular weight excluding hydrogens is 239 g/mol. The van der Waals surface area contributed by atoms with Crippen LogP contribution in [-0.4, -0.2) is 20.6 Å². The summed E-state index contributed by atoms with van der Waals surface area (Å²) in [6.07, 6.45) is 0.247.